The number of aromatic amines is 1. The predicted molar refractivity (Wildman–Crippen MR) is 116 cm³/mol. The molecule has 2 heterocycles. The number of anilines is 1. The van der Waals surface area contributed by atoms with E-state index < -0.39 is 17.6 Å². The van der Waals surface area contributed by atoms with Gasteiger partial charge >= 0.3 is 6.09 Å². The van der Waals surface area contributed by atoms with Crippen LogP contribution in [0.3, 0.4) is 0 Å². The minimum absolute atomic E-state index is 0.0323. The summed E-state index contributed by atoms with van der Waals surface area (Å²) in [5, 5.41) is 12.6. The zero-order chi connectivity index (χ0) is 22.7. The molecule has 0 bridgehead atoms. The maximum absolute atomic E-state index is 13.3. The van der Waals surface area contributed by atoms with Gasteiger partial charge in [0.1, 0.15) is 11.1 Å². The molecule has 11 heteroatoms. The van der Waals surface area contributed by atoms with Crippen LogP contribution in [0.15, 0.2) is 11.0 Å². The number of alkyl halides is 2. The lowest BCUT2D eigenvalue weighted by atomic mass is 9.87. The van der Waals surface area contributed by atoms with Gasteiger partial charge in [0, 0.05) is 43.9 Å². The lowest BCUT2D eigenvalue weighted by Gasteiger charge is -2.35. The van der Waals surface area contributed by atoms with Crippen molar-refractivity contribution in [2.24, 2.45) is 0 Å². The van der Waals surface area contributed by atoms with Crippen molar-refractivity contribution in [2.75, 3.05) is 18.0 Å². The molecule has 1 atom stereocenters. The number of ether oxygens (including phenoxy) is 1. The topological polar surface area (TPSA) is 99.3 Å². The molecule has 0 radical (unpaired) electrons. The van der Waals surface area contributed by atoms with Gasteiger partial charge in [-0.25, -0.2) is 18.7 Å². The number of carbonyl (C=O) groups excluding carboxylic acids is 1. The lowest BCUT2D eigenvalue weighted by molar-refractivity contribution is -0.0415. The van der Waals surface area contributed by atoms with Crippen molar-refractivity contribution in [1.82, 2.24) is 20.8 Å². The van der Waals surface area contributed by atoms with Gasteiger partial charge in [-0.1, -0.05) is 11.6 Å². The molecule has 1 saturated heterocycles. The van der Waals surface area contributed by atoms with Gasteiger partial charge in [0.05, 0.1) is 18.4 Å². The van der Waals surface area contributed by atoms with E-state index in [0.29, 0.717) is 44.1 Å². The van der Waals surface area contributed by atoms with Crippen LogP contribution in [0.5, 0.6) is 0 Å². The molecule has 0 spiro atoms. The van der Waals surface area contributed by atoms with Crippen LogP contribution >= 0.6 is 11.6 Å². The number of carbonyl (C=O) groups is 1. The molecule has 3 fully saturated rings. The Labute approximate surface area is 190 Å². The maximum atomic E-state index is 13.3. The number of hydrogen-bond donors (Lipinski definition) is 3. The third kappa shape index (κ3) is 5.89. The summed E-state index contributed by atoms with van der Waals surface area (Å²) in [6.07, 6.45) is 5.89. The second-order valence-electron chi connectivity index (χ2n) is 9.15. The summed E-state index contributed by atoms with van der Waals surface area (Å²) in [4.78, 5) is 25.9. The van der Waals surface area contributed by atoms with Gasteiger partial charge in [-0.05, 0) is 38.5 Å². The van der Waals surface area contributed by atoms with Crippen molar-refractivity contribution in [2.45, 2.75) is 87.9 Å². The highest BCUT2D eigenvalue weighted by molar-refractivity contribution is 6.33. The van der Waals surface area contributed by atoms with Crippen molar-refractivity contribution in [3.8, 4) is 0 Å². The van der Waals surface area contributed by atoms with E-state index in [1.807, 2.05) is 4.90 Å². The van der Waals surface area contributed by atoms with Gasteiger partial charge in [0.15, 0.2) is 0 Å². The molecule has 2 saturated carbocycles. The number of halogens is 3. The lowest BCUT2D eigenvalue weighted by Crippen LogP contribution is -2.47. The van der Waals surface area contributed by atoms with Crippen molar-refractivity contribution >= 4 is 23.4 Å². The second kappa shape index (κ2) is 9.91. The number of nitrogens with zero attached hydrogens (tertiary/aromatic N) is 2. The molecule has 8 nitrogen and oxygen atoms in total. The molecule has 2 aliphatic carbocycles. The molecule has 3 aliphatic rings. The molecular weight excluding hydrogens is 444 g/mol. The summed E-state index contributed by atoms with van der Waals surface area (Å²) in [5.41, 5.74) is 0.0900. The van der Waals surface area contributed by atoms with Crippen molar-refractivity contribution in [1.29, 1.82) is 0 Å². The fourth-order valence-corrected chi connectivity index (χ4v) is 5.14. The van der Waals surface area contributed by atoms with Crippen molar-refractivity contribution in [3.63, 3.8) is 0 Å². The van der Waals surface area contributed by atoms with E-state index in [-0.39, 0.29) is 36.1 Å². The number of amides is 1. The van der Waals surface area contributed by atoms with E-state index in [1.165, 1.54) is 6.20 Å². The fraction of sp³-hybridized carbons (Fsp3) is 0.762. The van der Waals surface area contributed by atoms with Gasteiger partial charge in [-0.3, -0.25) is 4.79 Å². The number of hydrogen-bond acceptors (Lipinski definition) is 6. The minimum atomic E-state index is -2.50. The monoisotopic (exact) mass is 473 g/mol. The first-order valence-electron chi connectivity index (χ1n) is 11.4. The van der Waals surface area contributed by atoms with Crippen LogP contribution in [0, 0.1) is 0 Å². The molecular formula is C21H30ClF2N5O3. The van der Waals surface area contributed by atoms with Crippen LogP contribution in [-0.2, 0) is 4.74 Å². The molecule has 1 aromatic rings. The summed E-state index contributed by atoms with van der Waals surface area (Å²) >= 11 is 6.06. The molecule has 0 unspecified atom stereocenters. The maximum Gasteiger partial charge on any atom is 0.407 e. The molecule has 1 aromatic heterocycles. The summed E-state index contributed by atoms with van der Waals surface area (Å²) in [7, 11) is 0. The highest BCUT2D eigenvalue weighted by Crippen LogP contribution is 2.34. The van der Waals surface area contributed by atoms with E-state index >= 15 is 0 Å². The van der Waals surface area contributed by atoms with Crippen LogP contribution in [0.25, 0.3) is 0 Å². The van der Waals surface area contributed by atoms with Gasteiger partial charge in [0.25, 0.3) is 5.56 Å². The molecule has 0 aromatic carbocycles. The number of H-pyrrole nitrogens is 1. The van der Waals surface area contributed by atoms with E-state index in [2.05, 4.69) is 20.8 Å². The Bertz CT molecular complexity index is 852. The third-order valence-corrected chi connectivity index (χ3v) is 7.14. The Hall–Kier alpha value is -1.94. The summed E-state index contributed by atoms with van der Waals surface area (Å²) < 4.78 is 32.2. The normalized spacial score (nSPS) is 28.5. The van der Waals surface area contributed by atoms with Gasteiger partial charge in [-0.2, -0.15) is 5.10 Å². The van der Waals surface area contributed by atoms with Gasteiger partial charge in [0.2, 0.25) is 5.92 Å². The second-order valence-corrected chi connectivity index (χ2v) is 9.53. The predicted octanol–water partition coefficient (Wildman–Crippen LogP) is 3.21. The average Bonchev–Trinajstić information content (AvgIpc) is 3.21. The number of aromatic nitrogens is 2. The highest BCUT2D eigenvalue weighted by atomic mass is 35.5. The Morgan fingerprint density at radius 1 is 1.12 bits per heavy atom. The van der Waals surface area contributed by atoms with Crippen LogP contribution in [0.2, 0.25) is 5.02 Å². The minimum Gasteiger partial charge on any atom is -0.444 e. The molecule has 32 heavy (non-hydrogen) atoms. The molecule has 1 amide bonds. The van der Waals surface area contributed by atoms with Gasteiger partial charge < -0.3 is 20.3 Å². The Morgan fingerprint density at radius 3 is 2.50 bits per heavy atom. The van der Waals surface area contributed by atoms with Crippen LogP contribution in [0.1, 0.15) is 57.8 Å². The number of alkyl carbamates (subject to hydrolysis) is 1. The Balaban J connectivity index is 1.16. The standard InChI is InChI=1S/C21H30ClF2N5O3/c22-18-17(11-25-28-19(18)30)29-10-7-16(12-29)32-20(31)27-14-3-1-13(2-4-14)26-15-5-8-21(23,24)9-6-15/h11,13-16,26H,1-10,12H2,(H,27,31)(H,28,30)/t13?,14?,16-/m1/s1. The molecule has 1 aliphatic heterocycles. The first-order valence-corrected chi connectivity index (χ1v) is 11.8. The van der Waals surface area contributed by atoms with E-state index in [0.717, 1.165) is 25.7 Å². The Kier molecular flexibility index (Phi) is 7.19. The third-order valence-electron chi connectivity index (χ3n) is 6.77. The van der Waals surface area contributed by atoms with Crippen LogP contribution < -0.4 is 21.1 Å². The smallest absolute Gasteiger partial charge is 0.407 e. The van der Waals surface area contributed by atoms with E-state index in [4.69, 9.17) is 16.3 Å². The first kappa shape index (κ1) is 23.2. The summed E-state index contributed by atoms with van der Waals surface area (Å²) in [5.74, 6) is -2.50. The molecule has 178 valence electrons. The largest absolute Gasteiger partial charge is 0.444 e. The highest BCUT2D eigenvalue weighted by Gasteiger charge is 2.36. The van der Waals surface area contributed by atoms with Gasteiger partial charge in [-0.15, -0.1) is 0 Å². The number of nitrogens with one attached hydrogen (secondary N) is 3. The zero-order valence-corrected chi connectivity index (χ0v) is 18.7. The zero-order valence-electron chi connectivity index (χ0n) is 17.9. The molecule has 3 N–H and O–H groups in total. The fourth-order valence-electron chi connectivity index (χ4n) is 4.93. The summed E-state index contributed by atoms with van der Waals surface area (Å²) in [6, 6.07) is 0.542. The van der Waals surface area contributed by atoms with Crippen LogP contribution in [-0.4, -0.2) is 59.5 Å². The van der Waals surface area contributed by atoms with E-state index in [9.17, 15) is 18.4 Å². The SMILES string of the molecule is O=C(NC1CCC(NC2CCC(F)(F)CC2)CC1)O[C@@H]1CCN(c2cn[nH]c(=O)c2Cl)C1. The summed E-state index contributed by atoms with van der Waals surface area (Å²) in [6.45, 7) is 1.07. The van der Waals surface area contributed by atoms with Crippen molar-refractivity contribution < 1.29 is 18.3 Å². The average molecular weight is 474 g/mol. The number of rotatable bonds is 5. The van der Waals surface area contributed by atoms with E-state index in [1.54, 1.807) is 0 Å². The molecule has 4 rings (SSSR count). The quantitative estimate of drug-likeness (QED) is 0.607. The Morgan fingerprint density at radius 2 is 1.78 bits per heavy atom. The van der Waals surface area contributed by atoms with Crippen LogP contribution in [0.4, 0.5) is 19.3 Å². The first-order chi connectivity index (χ1) is 15.3. The van der Waals surface area contributed by atoms with Crippen molar-refractivity contribution in [3.05, 3.63) is 21.6 Å².